The minimum atomic E-state index is -3.84. The van der Waals surface area contributed by atoms with Crippen LogP contribution in [0.5, 0.6) is 0 Å². The van der Waals surface area contributed by atoms with Gasteiger partial charge in [0.05, 0.1) is 15.3 Å². The van der Waals surface area contributed by atoms with Gasteiger partial charge in [-0.2, -0.15) is 0 Å². The van der Waals surface area contributed by atoms with Gasteiger partial charge < -0.3 is 9.73 Å². The van der Waals surface area contributed by atoms with Gasteiger partial charge in [-0.1, -0.05) is 23.2 Å². The van der Waals surface area contributed by atoms with Crippen LogP contribution in [0.4, 0.5) is 5.69 Å². The molecule has 0 fully saturated rings. The number of carbonyl (C=O) groups excluding carboxylic acids is 1. The highest BCUT2D eigenvalue weighted by atomic mass is 35.5. The number of halogens is 2. The molecule has 0 spiro atoms. The van der Waals surface area contributed by atoms with Gasteiger partial charge in [-0.05, 0) is 36.4 Å². The number of fused-ring (bicyclic) bond motifs is 1. The van der Waals surface area contributed by atoms with E-state index in [1.165, 1.54) is 36.4 Å². The Morgan fingerprint density at radius 1 is 1.08 bits per heavy atom. The normalized spacial score (nSPS) is 11.5. The summed E-state index contributed by atoms with van der Waals surface area (Å²) in [6.45, 7) is 0. The molecule has 1 heterocycles. The van der Waals surface area contributed by atoms with Gasteiger partial charge in [-0.15, -0.1) is 0 Å². The minimum Gasteiger partial charge on any atom is -0.449 e. The number of primary sulfonamides is 1. The monoisotopic (exact) mass is 412 g/mol. The van der Waals surface area contributed by atoms with Crippen molar-refractivity contribution in [3.05, 3.63) is 68.5 Å². The van der Waals surface area contributed by atoms with E-state index in [9.17, 15) is 18.0 Å². The molecule has 7 nitrogen and oxygen atoms in total. The summed E-state index contributed by atoms with van der Waals surface area (Å²) in [6.07, 6.45) is 0. The van der Waals surface area contributed by atoms with Crippen LogP contribution in [0.2, 0.25) is 10.0 Å². The Labute approximate surface area is 157 Å². The Bertz CT molecular complexity index is 1190. The molecule has 0 saturated carbocycles. The van der Waals surface area contributed by atoms with Crippen LogP contribution in [0, 0.1) is 0 Å². The van der Waals surface area contributed by atoms with E-state index in [0.717, 1.165) is 6.07 Å². The molecule has 3 aromatic rings. The number of nitrogens with one attached hydrogen (secondary N) is 1. The third-order valence-corrected chi connectivity index (χ3v) is 4.84. The number of anilines is 1. The maximum absolute atomic E-state index is 12.3. The van der Waals surface area contributed by atoms with Crippen LogP contribution in [-0.2, 0) is 10.0 Å². The molecule has 3 N–H and O–H groups in total. The topological polar surface area (TPSA) is 119 Å². The molecule has 10 heteroatoms. The zero-order valence-electron chi connectivity index (χ0n) is 12.8. The molecule has 1 aromatic heterocycles. The zero-order chi connectivity index (χ0) is 19.1. The van der Waals surface area contributed by atoms with Crippen molar-refractivity contribution in [2.24, 2.45) is 5.14 Å². The summed E-state index contributed by atoms with van der Waals surface area (Å²) in [5.74, 6) is -0.972. The van der Waals surface area contributed by atoms with Crippen molar-refractivity contribution in [2.45, 2.75) is 4.90 Å². The predicted molar refractivity (Wildman–Crippen MR) is 98.3 cm³/mol. The Balaban J connectivity index is 1.94. The van der Waals surface area contributed by atoms with Crippen molar-refractivity contribution >= 4 is 55.8 Å². The van der Waals surface area contributed by atoms with Crippen molar-refractivity contribution in [3.63, 3.8) is 0 Å². The summed E-state index contributed by atoms with van der Waals surface area (Å²) in [5.41, 5.74) is -0.156. The Morgan fingerprint density at radius 3 is 2.35 bits per heavy atom. The van der Waals surface area contributed by atoms with Crippen LogP contribution >= 0.6 is 23.2 Å². The molecule has 0 saturated heterocycles. The third kappa shape index (κ3) is 3.73. The number of amides is 1. The molecule has 1 amide bonds. The predicted octanol–water partition coefficient (Wildman–Crippen LogP) is 3.00. The molecular formula is C16H10Cl2N2O5S. The van der Waals surface area contributed by atoms with Gasteiger partial charge in [-0.3, -0.25) is 9.59 Å². The SMILES string of the molecule is NS(=O)(=O)c1ccc(NC(=O)c2cc(=O)c3cc(Cl)cc(Cl)c3o2)cc1. The molecule has 0 bridgehead atoms. The van der Waals surface area contributed by atoms with Gasteiger partial charge in [0, 0.05) is 16.8 Å². The summed E-state index contributed by atoms with van der Waals surface area (Å²) in [6, 6.07) is 8.97. The van der Waals surface area contributed by atoms with E-state index in [1.54, 1.807) is 0 Å². The van der Waals surface area contributed by atoms with Crippen molar-refractivity contribution in [3.8, 4) is 0 Å². The second kappa shape index (κ2) is 6.73. The van der Waals surface area contributed by atoms with Crippen LogP contribution in [-0.4, -0.2) is 14.3 Å². The first-order valence-electron chi connectivity index (χ1n) is 7.02. The maximum atomic E-state index is 12.3. The first-order valence-corrected chi connectivity index (χ1v) is 9.32. The van der Waals surface area contributed by atoms with Gasteiger partial charge in [0.15, 0.2) is 16.8 Å². The van der Waals surface area contributed by atoms with E-state index in [2.05, 4.69) is 5.32 Å². The highest BCUT2D eigenvalue weighted by Gasteiger charge is 2.15. The molecule has 26 heavy (non-hydrogen) atoms. The highest BCUT2D eigenvalue weighted by Crippen LogP contribution is 2.27. The molecular weight excluding hydrogens is 403 g/mol. The summed E-state index contributed by atoms with van der Waals surface area (Å²) in [5, 5.41) is 8.00. The quantitative estimate of drug-likeness (QED) is 0.684. The first-order chi connectivity index (χ1) is 12.1. The average molecular weight is 413 g/mol. The molecule has 0 unspecified atom stereocenters. The van der Waals surface area contributed by atoms with E-state index in [-0.39, 0.29) is 37.4 Å². The molecule has 0 radical (unpaired) electrons. The Kier molecular flexibility index (Phi) is 4.76. The van der Waals surface area contributed by atoms with E-state index in [1.807, 2.05) is 0 Å². The van der Waals surface area contributed by atoms with Crippen LogP contribution in [0.1, 0.15) is 10.6 Å². The zero-order valence-corrected chi connectivity index (χ0v) is 15.2. The highest BCUT2D eigenvalue weighted by molar-refractivity contribution is 7.89. The lowest BCUT2D eigenvalue weighted by Crippen LogP contribution is -2.15. The third-order valence-electron chi connectivity index (χ3n) is 3.41. The number of rotatable bonds is 3. The lowest BCUT2D eigenvalue weighted by atomic mass is 10.2. The molecule has 2 aromatic carbocycles. The average Bonchev–Trinajstić information content (AvgIpc) is 2.55. The molecule has 0 atom stereocenters. The summed E-state index contributed by atoms with van der Waals surface area (Å²) < 4.78 is 27.9. The number of sulfonamides is 1. The fourth-order valence-electron chi connectivity index (χ4n) is 2.22. The molecule has 0 aliphatic carbocycles. The molecule has 0 aliphatic rings. The number of nitrogens with two attached hydrogens (primary N) is 1. The molecule has 3 rings (SSSR count). The maximum Gasteiger partial charge on any atom is 0.291 e. The lowest BCUT2D eigenvalue weighted by Gasteiger charge is -2.07. The molecule has 134 valence electrons. The largest absolute Gasteiger partial charge is 0.449 e. The van der Waals surface area contributed by atoms with Crippen LogP contribution in [0.25, 0.3) is 11.0 Å². The van der Waals surface area contributed by atoms with Crippen molar-refractivity contribution in [2.75, 3.05) is 5.32 Å². The van der Waals surface area contributed by atoms with E-state index >= 15 is 0 Å². The van der Waals surface area contributed by atoms with Crippen LogP contribution < -0.4 is 15.9 Å². The fraction of sp³-hybridized carbons (Fsp3) is 0. The number of benzene rings is 2. The van der Waals surface area contributed by atoms with Gasteiger partial charge in [-0.25, -0.2) is 13.6 Å². The van der Waals surface area contributed by atoms with E-state index < -0.39 is 21.4 Å². The minimum absolute atomic E-state index is 0.0401. The number of carbonyl (C=O) groups is 1. The first kappa shape index (κ1) is 18.4. The number of hydrogen-bond acceptors (Lipinski definition) is 5. The lowest BCUT2D eigenvalue weighted by molar-refractivity contribution is 0.0997. The standard InChI is InChI=1S/C16H10Cl2N2O5S/c17-8-5-11-13(21)7-14(25-15(11)12(18)6-8)16(22)20-9-1-3-10(4-2-9)26(19,23)24/h1-7H,(H,20,22)(H2,19,23,24). The van der Waals surface area contributed by atoms with Crippen LogP contribution in [0.15, 0.2) is 56.6 Å². The van der Waals surface area contributed by atoms with Crippen molar-refractivity contribution in [1.29, 1.82) is 0 Å². The van der Waals surface area contributed by atoms with E-state index in [4.69, 9.17) is 32.8 Å². The summed E-state index contributed by atoms with van der Waals surface area (Å²) in [4.78, 5) is 24.4. The fourth-order valence-corrected chi connectivity index (χ4v) is 3.26. The summed E-state index contributed by atoms with van der Waals surface area (Å²) >= 11 is 11.9. The van der Waals surface area contributed by atoms with Crippen LogP contribution in [0.3, 0.4) is 0 Å². The smallest absolute Gasteiger partial charge is 0.291 e. The van der Waals surface area contributed by atoms with Crippen molar-refractivity contribution in [1.82, 2.24) is 0 Å². The van der Waals surface area contributed by atoms with Gasteiger partial charge in [0.1, 0.15) is 0 Å². The second-order valence-electron chi connectivity index (χ2n) is 5.26. The Morgan fingerprint density at radius 2 is 1.73 bits per heavy atom. The summed E-state index contributed by atoms with van der Waals surface area (Å²) in [7, 11) is -3.84. The van der Waals surface area contributed by atoms with Gasteiger partial charge >= 0.3 is 0 Å². The van der Waals surface area contributed by atoms with Crippen molar-refractivity contribution < 1.29 is 17.6 Å². The Hall–Kier alpha value is -2.39. The number of hydrogen-bond donors (Lipinski definition) is 2. The second-order valence-corrected chi connectivity index (χ2v) is 7.67. The van der Waals surface area contributed by atoms with E-state index in [0.29, 0.717) is 0 Å². The van der Waals surface area contributed by atoms with Gasteiger partial charge in [0.25, 0.3) is 5.91 Å². The molecule has 0 aliphatic heterocycles. The van der Waals surface area contributed by atoms with Gasteiger partial charge in [0.2, 0.25) is 10.0 Å².